The third-order valence-corrected chi connectivity index (χ3v) is 9.63. The first-order valence-electron chi connectivity index (χ1n) is 16.0. The second kappa shape index (κ2) is 13.7. The maximum atomic E-state index is 13.4. The molecule has 1 aromatic rings. The Morgan fingerprint density at radius 1 is 1.16 bits per heavy atom. The standard InChI is InChI=1S/C35H47NO9/c1-19(13-25-18-41-23(5)36-25)9-8-10-21(3)32(40-7)22(4)27-17-29(37)35(6)30(45-35)12-11-20(2)26-14-24(16-31(38)42-26)15-28-33(43-28)34(39)44-27/h8-13,18,20,22,24,26-30,32-33,37H,14-17H2,1-7H3/t20-,22+,24-,26+,27-,28-,29-,30+,32-,33-,35+/m1/s1. The fourth-order valence-corrected chi connectivity index (χ4v) is 6.64. The van der Waals surface area contributed by atoms with Crippen LogP contribution in [0.4, 0.5) is 0 Å². The third-order valence-electron chi connectivity index (χ3n) is 9.63. The van der Waals surface area contributed by atoms with Gasteiger partial charge in [-0.25, -0.2) is 9.78 Å². The Balaban J connectivity index is 1.33. The summed E-state index contributed by atoms with van der Waals surface area (Å²) in [4.78, 5) is 30.1. The van der Waals surface area contributed by atoms with Crippen LogP contribution in [0.2, 0.25) is 0 Å². The van der Waals surface area contributed by atoms with Crippen LogP contribution in [0.15, 0.2) is 52.2 Å². The highest BCUT2D eigenvalue weighted by Crippen LogP contribution is 2.44. The fraction of sp³-hybridized carbons (Fsp3) is 0.629. The molecule has 3 fully saturated rings. The molecule has 5 rings (SSSR count). The normalized spacial score (nSPS) is 37.3. The first-order chi connectivity index (χ1) is 21.4. The molecule has 3 saturated heterocycles. The highest BCUT2D eigenvalue weighted by Gasteiger charge is 2.57. The van der Waals surface area contributed by atoms with E-state index < -0.39 is 36.0 Å². The molecule has 0 amide bonds. The van der Waals surface area contributed by atoms with Gasteiger partial charge in [0.15, 0.2) is 12.0 Å². The average molecular weight is 626 g/mol. The topological polar surface area (TPSA) is 133 Å². The molecule has 0 unspecified atom stereocenters. The summed E-state index contributed by atoms with van der Waals surface area (Å²) in [6.07, 6.45) is 11.7. The number of epoxide rings is 2. The van der Waals surface area contributed by atoms with E-state index >= 15 is 0 Å². The summed E-state index contributed by atoms with van der Waals surface area (Å²) in [6.45, 7) is 11.6. The summed E-state index contributed by atoms with van der Waals surface area (Å²) in [5, 5.41) is 11.4. The van der Waals surface area contributed by atoms with Crippen molar-refractivity contribution >= 4 is 18.0 Å². The number of aliphatic hydroxyl groups excluding tert-OH is 1. The Morgan fingerprint density at radius 3 is 2.62 bits per heavy atom. The summed E-state index contributed by atoms with van der Waals surface area (Å²) in [7, 11) is 1.63. The summed E-state index contributed by atoms with van der Waals surface area (Å²) >= 11 is 0. The molecule has 10 nitrogen and oxygen atoms in total. The first-order valence-corrected chi connectivity index (χ1v) is 16.0. The quantitative estimate of drug-likeness (QED) is 0.190. The predicted molar refractivity (Wildman–Crippen MR) is 166 cm³/mol. The molecule has 0 saturated carbocycles. The van der Waals surface area contributed by atoms with Crippen LogP contribution in [0, 0.1) is 24.7 Å². The minimum absolute atomic E-state index is 0.0130. The molecule has 2 bridgehead atoms. The van der Waals surface area contributed by atoms with Crippen molar-refractivity contribution in [2.24, 2.45) is 17.8 Å². The Kier molecular flexibility index (Phi) is 10.2. The van der Waals surface area contributed by atoms with Gasteiger partial charge >= 0.3 is 11.9 Å². The van der Waals surface area contributed by atoms with Gasteiger partial charge < -0.3 is 33.2 Å². The first kappa shape index (κ1) is 33.3. The number of carbonyl (C=O) groups is 2. The number of hydrogen-bond donors (Lipinski definition) is 1. The SMILES string of the molecule is CO[C@H](C(C)=CC=CC(C)=Cc1coc(C)n1)[C@@H](C)[C@H]1C[C@@H](O)[C@]2(C)O[C@H]2C=C[C@@H](C)[C@@H]2C[C@@H](CC(=O)O2)C[C@H]2O[C@H]2C(=O)O1. The molecule has 1 N–H and O–H groups in total. The zero-order valence-electron chi connectivity index (χ0n) is 27.3. The number of cyclic esters (lactones) is 1. The average Bonchev–Trinajstić information content (AvgIpc) is 3.86. The molecule has 45 heavy (non-hydrogen) atoms. The summed E-state index contributed by atoms with van der Waals surface area (Å²) in [6, 6.07) is 0. The van der Waals surface area contributed by atoms with Crippen molar-refractivity contribution in [3.05, 3.63) is 59.4 Å². The van der Waals surface area contributed by atoms with E-state index in [9.17, 15) is 14.7 Å². The number of hydrogen-bond acceptors (Lipinski definition) is 10. The van der Waals surface area contributed by atoms with Gasteiger partial charge in [-0.1, -0.05) is 44.2 Å². The zero-order chi connectivity index (χ0) is 32.5. The smallest absolute Gasteiger partial charge is 0.338 e. The largest absolute Gasteiger partial charge is 0.462 e. The van der Waals surface area contributed by atoms with Crippen LogP contribution in [-0.2, 0) is 33.3 Å². The van der Waals surface area contributed by atoms with Crippen LogP contribution in [-0.4, -0.2) is 77.5 Å². The number of nitrogens with zero attached hydrogens (tertiary/aromatic N) is 1. The van der Waals surface area contributed by atoms with Crippen LogP contribution in [0.5, 0.6) is 0 Å². The Morgan fingerprint density at radius 2 is 1.91 bits per heavy atom. The maximum absolute atomic E-state index is 13.4. The van der Waals surface area contributed by atoms with Crippen LogP contribution in [0.25, 0.3) is 6.08 Å². The Hall–Kier alpha value is -3.05. The van der Waals surface area contributed by atoms with E-state index in [1.165, 1.54) is 0 Å². The molecule has 0 spiro atoms. The van der Waals surface area contributed by atoms with E-state index in [2.05, 4.69) is 4.98 Å². The number of fused-ring (bicyclic) bond motifs is 4. The van der Waals surface area contributed by atoms with Gasteiger partial charge in [-0.05, 0) is 56.8 Å². The fourth-order valence-electron chi connectivity index (χ4n) is 6.64. The third kappa shape index (κ3) is 8.03. The molecule has 1 aromatic heterocycles. The van der Waals surface area contributed by atoms with Crippen molar-refractivity contribution in [2.45, 2.75) is 116 Å². The molecular formula is C35H47NO9. The molecule has 10 heteroatoms. The number of rotatable bonds is 7. The number of methoxy groups -OCH3 is 1. The summed E-state index contributed by atoms with van der Waals surface area (Å²) < 4.78 is 34.7. The molecule has 246 valence electrons. The number of aromatic nitrogens is 1. The van der Waals surface area contributed by atoms with Gasteiger partial charge in [-0.3, -0.25) is 4.79 Å². The van der Waals surface area contributed by atoms with Crippen molar-refractivity contribution in [1.29, 1.82) is 0 Å². The van der Waals surface area contributed by atoms with Gasteiger partial charge in [-0.2, -0.15) is 0 Å². The van der Waals surface area contributed by atoms with Crippen LogP contribution in [0.1, 0.15) is 71.9 Å². The molecule has 4 aliphatic rings. The van der Waals surface area contributed by atoms with Crippen molar-refractivity contribution in [2.75, 3.05) is 7.11 Å². The van der Waals surface area contributed by atoms with E-state index in [0.29, 0.717) is 25.2 Å². The van der Waals surface area contributed by atoms with Gasteiger partial charge in [0.05, 0.1) is 18.3 Å². The lowest BCUT2D eigenvalue weighted by molar-refractivity contribution is -0.159. The van der Waals surface area contributed by atoms with E-state index in [4.69, 9.17) is 28.1 Å². The lowest BCUT2D eigenvalue weighted by Gasteiger charge is -2.33. The van der Waals surface area contributed by atoms with Crippen molar-refractivity contribution in [1.82, 2.24) is 4.98 Å². The summed E-state index contributed by atoms with van der Waals surface area (Å²) in [5.41, 5.74) is 1.86. The van der Waals surface area contributed by atoms with Gasteiger partial charge in [0.1, 0.15) is 35.9 Å². The zero-order valence-corrected chi connectivity index (χ0v) is 27.3. The molecule has 0 radical (unpaired) electrons. The molecule has 0 aromatic carbocycles. The van der Waals surface area contributed by atoms with E-state index in [-0.39, 0.29) is 48.5 Å². The Bertz CT molecular complexity index is 1360. The van der Waals surface area contributed by atoms with E-state index in [1.54, 1.807) is 20.3 Å². The van der Waals surface area contributed by atoms with Crippen molar-refractivity contribution in [3.63, 3.8) is 0 Å². The van der Waals surface area contributed by atoms with Crippen molar-refractivity contribution in [3.8, 4) is 0 Å². The minimum Gasteiger partial charge on any atom is -0.462 e. The number of esters is 2. The monoisotopic (exact) mass is 625 g/mol. The van der Waals surface area contributed by atoms with Crippen LogP contribution < -0.4 is 0 Å². The molecule has 4 aliphatic heterocycles. The number of carbonyl (C=O) groups excluding carboxylic acids is 2. The van der Waals surface area contributed by atoms with Crippen molar-refractivity contribution < 1.29 is 42.8 Å². The molecule has 11 atom stereocenters. The Labute approximate surface area is 265 Å². The van der Waals surface area contributed by atoms with Crippen LogP contribution in [0.3, 0.4) is 0 Å². The van der Waals surface area contributed by atoms with Gasteiger partial charge in [0, 0.05) is 38.7 Å². The number of ether oxygens (including phenoxy) is 5. The second-order valence-electron chi connectivity index (χ2n) is 13.3. The molecular weight excluding hydrogens is 578 g/mol. The number of oxazole rings is 1. The molecule has 0 aliphatic carbocycles. The lowest BCUT2D eigenvalue weighted by Crippen LogP contribution is -2.42. The van der Waals surface area contributed by atoms with Gasteiger partial charge in [-0.15, -0.1) is 0 Å². The highest BCUT2D eigenvalue weighted by molar-refractivity contribution is 5.78. The number of aliphatic hydroxyl groups is 1. The van der Waals surface area contributed by atoms with Gasteiger partial charge in [0.25, 0.3) is 0 Å². The number of allylic oxidation sites excluding steroid dienone is 4. The minimum atomic E-state index is -0.905. The van der Waals surface area contributed by atoms with E-state index in [0.717, 1.165) is 16.8 Å². The molecule has 5 heterocycles. The lowest BCUT2D eigenvalue weighted by atomic mass is 9.84. The maximum Gasteiger partial charge on any atom is 0.338 e. The summed E-state index contributed by atoms with van der Waals surface area (Å²) in [5.74, 6) is -0.316. The second-order valence-corrected chi connectivity index (χ2v) is 13.3. The van der Waals surface area contributed by atoms with E-state index in [1.807, 2.05) is 71.1 Å². The van der Waals surface area contributed by atoms with Gasteiger partial charge in [0.2, 0.25) is 0 Å². The predicted octanol–water partition coefficient (Wildman–Crippen LogP) is 5.05. The number of aryl methyl sites for hydroxylation is 1. The highest BCUT2D eigenvalue weighted by atomic mass is 16.6. The van der Waals surface area contributed by atoms with Crippen LogP contribution >= 0.6 is 0 Å².